The van der Waals surface area contributed by atoms with Gasteiger partial charge in [0, 0.05) is 17.1 Å². The van der Waals surface area contributed by atoms with Crippen molar-refractivity contribution in [1.82, 2.24) is 0 Å². The van der Waals surface area contributed by atoms with Gasteiger partial charge in [-0.2, -0.15) is 4.21 Å². The van der Waals surface area contributed by atoms with Crippen molar-refractivity contribution in [3.8, 4) is 0 Å². The van der Waals surface area contributed by atoms with Gasteiger partial charge in [0.1, 0.15) is 0 Å². The van der Waals surface area contributed by atoms with E-state index >= 15 is 0 Å². The second kappa shape index (κ2) is 6.03. The quantitative estimate of drug-likeness (QED) is 0.268. The van der Waals surface area contributed by atoms with Crippen molar-refractivity contribution < 1.29 is 30.1 Å². The van der Waals surface area contributed by atoms with Gasteiger partial charge in [0.15, 0.2) is 5.34 Å². The summed E-state index contributed by atoms with van der Waals surface area (Å²) >= 11 is -2.54. The fraction of sp³-hybridized carbons (Fsp3) is 0. The number of nitrogens with zero attached hydrogens (tertiary/aromatic N) is 1. The zero-order valence-corrected chi connectivity index (χ0v) is 4.80. The van der Waals surface area contributed by atoms with Crippen LogP contribution in [0.2, 0.25) is 0 Å². The van der Waals surface area contributed by atoms with Gasteiger partial charge in [-0.3, -0.25) is 4.55 Å². The topological polar surface area (TPSA) is 76.0 Å². The molecule has 7 heavy (non-hydrogen) atoms. The molecule has 1 unspecified atom stereocenters. The van der Waals surface area contributed by atoms with Gasteiger partial charge in [-0.15, -0.1) is 4.91 Å². The summed E-state index contributed by atoms with van der Waals surface area (Å²) in [5.41, 5.74) is 0. The van der Waals surface area contributed by atoms with Crippen LogP contribution < -0.4 is 0 Å². The molecule has 44 valence electrons. The molecule has 0 aliphatic carbocycles. The maximum Gasteiger partial charge on any atom is 0.381 e. The molecule has 0 amide bonds. The predicted molar refractivity (Wildman–Crippen MR) is 17.7 cm³/mol. The number of hydrogen-bond acceptors (Lipinski definition) is 4. The number of rotatable bonds is 2. The van der Waals surface area contributed by atoms with Crippen LogP contribution in [0.3, 0.4) is 0 Å². The molecule has 0 fully saturated rings. The van der Waals surface area contributed by atoms with Crippen LogP contribution in [0, 0.1) is 4.91 Å². The molecule has 0 aliphatic rings. The van der Waals surface area contributed by atoms with E-state index in [1.54, 1.807) is 5.34 Å². The minimum atomic E-state index is -2.54. The Kier molecular flexibility index (Phi) is 8.70. The zero-order chi connectivity index (χ0) is 4.99. The normalized spacial score (nSPS) is 11.0. The van der Waals surface area contributed by atoms with Crippen molar-refractivity contribution in [3.63, 3.8) is 0 Å². The molecule has 0 aromatic carbocycles. The maximum atomic E-state index is 9.19. The summed E-state index contributed by atoms with van der Waals surface area (Å²) in [6.07, 6.45) is 0. The molecule has 0 radical (unpaired) electrons. The maximum absolute atomic E-state index is 9.19. The molecular formula is HFeNO4S. The molecule has 0 bridgehead atoms. The minimum Gasteiger partial charge on any atom is -0.273 e. The summed E-state index contributed by atoms with van der Waals surface area (Å²) in [6.45, 7) is 0. The molecule has 0 saturated heterocycles. The predicted octanol–water partition coefficient (Wildman–Crippen LogP) is -0.181. The summed E-state index contributed by atoms with van der Waals surface area (Å²) in [7, 11) is 0. The fourth-order valence-electron chi connectivity index (χ4n) is 0.0260. The van der Waals surface area contributed by atoms with Crippen molar-refractivity contribution in [2.75, 3.05) is 0 Å². The van der Waals surface area contributed by atoms with Gasteiger partial charge in [-0.05, 0) is 0 Å². The minimum absolute atomic E-state index is 0. The fourth-order valence-corrected chi connectivity index (χ4v) is 0.0781. The Bertz CT molecular complexity index is 72.1. The first kappa shape index (κ1) is 10.1. The van der Waals surface area contributed by atoms with Gasteiger partial charge in [0.05, 0.1) is 0 Å². The van der Waals surface area contributed by atoms with Crippen LogP contribution in [0.25, 0.3) is 0 Å². The summed E-state index contributed by atoms with van der Waals surface area (Å²) in [4.78, 5) is 8.79. The van der Waals surface area contributed by atoms with Crippen LogP contribution in [0.1, 0.15) is 0 Å². The van der Waals surface area contributed by atoms with E-state index in [9.17, 15) is 4.21 Å². The Hall–Kier alpha value is 0.0295. The van der Waals surface area contributed by atoms with Crippen LogP contribution >= 0.6 is 0 Å². The molecule has 7 heteroatoms. The Morgan fingerprint density at radius 1 is 1.71 bits per heavy atom. The Balaban J connectivity index is 0. The van der Waals surface area contributed by atoms with E-state index in [0.717, 1.165) is 0 Å². The van der Waals surface area contributed by atoms with E-state index in [0.29, 0.717) is 0 Å². The second-order valence-electron chi connectivity index (χ2n) is 0.366. The third kappa shape index (κ3) is 10.7. The third-order valence-corrected chi connectivity index (χ3v) is 0.283. The Morgan fingerprint density at radius 2 is 2.14 bits per heavy atom. The van der Waals surface area contributed by atoms with Crippen molar-refractivity contribution in [2.24, 2.45) is 5.34 Å². The third-order valence-electron chi connectivity index (χ3n) is 0.0942. The van der Waals surface area contributed by atoms with Crippen molar-refractivity contribution in [2.45, 2.75) is 0 Å². The smallest absolute Gasteiger partial charge is 0.273 e. The van der Waals surface area contributed by atoms with Crippen molar-refractivity contribution in [1.29, 1.82) is 0 Å². The van der Waals surface area contributed by atoms with Gasteiger partial charge in [0.2, 0.25) is 0 Å². The first-order chi connectivity index (χ1) is 2.77. The molecule has 0 heterocycles. The van der Waals surface area contributed by atoms with E-state index in [1.165, 1.54) is 0 Å². The van der Waals surface area contributed by atoms with Crippen LogP contribution in [0.4, 0.5) is 0 Å². The van der Waals surface area contributed by atoms with E-state index in [4.69, 9.17) is 9.46 Å². The average molecular weight is 167 g/mol. The Morgan fingerprint density at radius 3 is 2.14 bits per heavy atom. The molecular weight excluding hydrogens is 166 g/mol. The van der Waals surface area contributed by atoms with Crippen LogP contribution in [-0.4, -0.2) is 8.76 Å². The summed E-state index contributed by atoms with van der Waals surface area (Å²) in [5, 5.41) is 1.64. The molecule has 0 aliphatic heterocycles. The van der Waals surface area contributed by atoms with Gasteiger partial charge in [0.25, 0.3) is 0 Å². The van der Waals surface area contributed by atoms with Crippen LogP contribution in [0.5, 0.6) is 0 Å². The molecule has 0 aromatic rings. The van der Waals surface area contributed by atoms with E-state index in [-0.39, 0.29) is 17.1 Å². The molecule has 0 spiro atoms. The molecule has 0 aromatic heterocycles. The first-order valence-corrected chi connectivity index (χ1v) is 1.91. The second-order valence-corrected chi connectivity index (χ2v) is 0.949. The largest absolute Gasteiger partial charge is 0.381 e. The monoisotopic (exact) mass is 167 g/mol. The molecule has 1 N–H and O–H groups in total. The summed E-state index contributed by atoms with van der Waals surface area (Å²) < 4.78 is 19.8. The molecule has 1 atom stereocenters. The van der Waals surface area contributed by atoms with Gasteiger partial charge < -0.3 is 0 Å². The van der Waals surface area contributed by atoms with Gasteiger partial charge in [-0.25, -0.2) is 4.28 Å². The summed E-state index contributed by atoms with van der Waals surface area (Å²) in [5.74, 6) is 0. The van der Waals surface area contributed by atoms with Crippen LogP contribution in [-0.2, 0) is 32.7 Å². The van der Waals surface area contributed by atoms with Gasteiger partial charge in [-0.1, -0.05) is 0 Å². The standard InChI is InChI=1S/Fe.HNO4S/c;2-1-5-6(3)4/h;(H,3,4). The number of hydrogen-bond donors (Lipinski definition) is 1. The first-order valence-electron chi connectivity index (χ1n) is 0.881. The van der Waals surface area contributed by atoms with Crippen molar-refractivity contribution >= 4 is 11.4 Å². The molecule has 0 rings (SSSR count). The van der Waals surface area contributed by atoms with Crippen LogP contribution in [0.15, 0.2) is 5.34 Å². The van der Waals surface area contributed by atoms with E-state index in [1.807, 2.05) is 0 Å². The van der Waals surface area contributed by atoms with Gasteiger partial charge >= 0.3 is 11.4 Å². The van der Waals surface area contributed by atoms with Crippen molar-refractivity contribution in [3.05, 3.63) is 4.91 Å². The summed E-state index contributed by atoms with van der Waals surface area (Å²) in [6, 6.07) is 0. The average Bonchev–Trinajstić information content (AvgIpc) is 1.35. The SMILES string of the molecule is O=NOS(=O)O.[Fe]. The van der Waals surface area contributed by atoms with E-state index < -0.39 is 11.4 Å². The molecule has 0 saturated carbocycles. The van der Waals surface area contributed by atoms with E-state index in [2.05, 4.69) is 4.28 Å². The Labute approximate surface area is 52.3 Å². The molecule has 5 nitrogen and oxygen atoms in total. The zero-order valence-electron chi connectivity index (χ0n) is 2.88.